The first kappa shape index (κ1) is 32.1. The molecule has 1 aromatic rings. The molecule has 0 aromatic carbocycles. The highest BCUT2D eigenvalue weighted by Gasteiger charge is 2.38. The molecule has 1 amide bonds. The van der Waals surface area contributed by atoms with Gasteiger partial charge >= 0.3 is 5.97 Å². The smallest absolute Gasteiger partial charge is 0.355 e. The Balaban J connectivity index is 2.33. The number of thiazole rings is 1. The molecule has 0 saturated carbocycles. The standard InChI is InChI=1S/C29H47N3O5S/c1-8-14-37-18-32(25(19(3)4)15-21(6)27-30-23(17-38-27)29(35)36)28(34)22(20(5)9-2)16-26(33)24-12-10-11-13-31(24)7/h8,17,19-22,24-25H,1,9-16,18H2,2-7H3,(H,35,36)/t20?,21-,22+,24-,25?/m1/s1. The lowest BCUT2D eigenvalue weighted by molar-refractivity contribution is -0.150. The topological polar surface area (TPSA) is 100 Å². The van der Waals surface area contributed by atoms with Crippen LogP contribution < -0.4 is 0 Å². The van der Waals surface area contributed by atoms with E-state index in [0.717, 1.165) is 37.2 Å². The number of hydrogen-bond acceptors (Lipinski definition) is 7. The molecule has 1 aliphatic rings. The molecular formula is C29H47N3O5S. The van der Waals surface area contributed by atoms with E-state index in [1.807, 2.05) is 18.9 Å². The van der Waals surface area contributed by atoms with Crippen LogP contribution in [0.25, 0.3) is 0 Å². The second kappa shape index (κ2) is 15.5. The SMILES string of the molecule is C=CCOCN(C(=O)[C@@H](CC(=O)[C@H]1CCCCN1C)C(C)CC)C(C[C@@H](C)c1nc(C(=O)O)cs1)C(C)C. The van der Waals surface area contributed by atoms with Gasteiger partial charge in [0, 0.05) is 29.7 Å². The number of rotatable bonds is 16. The molecule has 1 aliphatic heterocycles. The molecule has 1 saturated heterocycles. The number of carboxylic acids is 1. The van der Waals surface area contributed by atoms with Gasteiger partial charge in [-0.2, -0.15) is 0 Å². The second-order valence-corrected chi connectivity index (χ2v) is 12.0. The number of carboxylic acid groups (broad SMARTS) is 1. The molecule has 5 atom stereocenters. The number of ether oxygens (including phenoxy) is 1. The van der Waals surface area contributed by atoms with Gasteiger partial charge in [0.15, 0.2) is 11.5 Å². The Morgan fingerprint density at radius 1 is 1.29 bits per heavy atom. The average Bonchev–Trinajstić information content (AvgIpc) is 3.39. The zero-order chi connectivity index (χ0) is 28.4. The summed E-state index contributed by atoms with van der Waals surface area (Å²) in [5.74, 6) is -1.25. The monoisotopic (exact) mass is 549 g/mol. The van der Waals surface area contributed by atoms with Crippen molar-refractivity contribution >= 4 is 29.0 Å². The maximum atomic E-state index is 14.3. The van der Waals surface area contributed by atoms with E-state index < -0.39 is 11.9 Å². The predicted molar refractivity (Wildman–Crippen MR) is 151 cm³/mol. The number of Topliss-reactive ketones (excluding diaryl/α,β-unsaturated/α-hetero) is 1. The Morgan fingerprint density at radius 3 is 2.55 bits per heavy atom. The fourth-order valence-electron chi connectivity index (χ4n) is 5.26. The summed E-state index contributed by atoms with van der Waals surface area (Å²) >= 11 is 1.33. The minimum atomic E-state index is -1.04. The van der Waals surface area contributed by atoms with Crippen molar-refractivity contribution in [3.05, 3.63) is 28.7 Å². The van der Waals surface area contributed by atoms with Crippen LogP contribution in [0, 0.1) is 17.8 Å². The van der Waals surface area contributed by atoms with E-state index in [-0.39, 0.29) is 60.4 Å². The molecule has 2 unspecified atom stereocenters. The molecule has 38 heavy (non-hydrogen) atoms. The average molecular weight is 550 g/mol. The van der Waals surface area contributed by atoms with Gasteiger partial charge in [-0.3, -0.25) is 14.5 Å². The summed E-state index contributed by atoms with van der Waals surface area (Å²) < 4.78 is 5.83. The number of likely N-dealkylation sites (tertiary alicyclic amines) is 1. The van der Waals surface area contributed by atoms with Gasteiger partial charge in [0.25, 0.3) is 0 Å². The molecule has 0 radical (unpaired) electrons. The van der Waals surface area contributed by atoms with Gasteiger partial charge in [0.05, 0.1) is 17.7 Å². The summed E-state index contributed by atoms with van der Waals surface area (Å²) in [5.41, 5.74) is 0.0447. The summed E-state index contributed by atoms with van der Waals surface area (Å²) in [6, 6.07) is -0.290. The second-order valence-electron chi connectivity index (χ2n) is 11.1. The van der Waals surface area contributed by atoms with Crippen molar-refractivity contribution in [3.63, 3.8) is 0 Å². The van der Waals surface area contributed by atoms with E-state index in [1.54, 1.807) is 11.5 Å². The molecule has 0 spiro atoms. The largest absolute Gasteiger partial charge is 0.476 e. The van der Waals surface area contributed by atoms with E-state index in [9.17, 15) is 19.5 Å². The predicted octanol–water partition coefficient (Wildman–Crippen LogP) is 5.45. The van der Waals surface area contributed by atoms with Crippen LogP contribution in [0.15, 0.2) is 18.0 Å². The van der Waals surface area contributed by atoms with E-state index in [4.69, 9.17) is 4.74 Å². The maximum Gasteiger partial charge on any atom is 0.355 e. The number of hydrogen-bond donors (Lipinski definition) is 1. The minimum absolute atomic E-state index is 0.0447. The summed E-state index contributed by atoms with van der Waals surface area (Å²) in [5, 5.41) is 11.6. The van der Waals surface area contributed by atoms with Gasteiger partial charge in [-0.25, -0.2) is 9.78 Å². The Bertz CT molecular complexity index is 933. The highest BCUT2D eigenvalue weighted by Crippen LogP contribution is 2.32. The van der Waals surface area contributed by atoms with Gasteiger partial charge in [-0.05, 0) is 44.7 Å². The Labute approximate surface area is 232 Å². The molecule has 2 heterocycles. The number of amides is 1. The van der Waals surface area contributed by atoms with E-state index >= 15 is 0 Å². The van der Waals surface area contributed by atoms with Gasteiger partial charge in [0.1, 0.15) is 6.73 Å². The first-order valence-corrected chi connectivity index (χ1v) is 14.8. The third-order valence-corrected chi connectivity index (χ3v) is 8.96. The lowest BCUT2D eigenvalue weighted by Crippen LogP contribution is -2.50. The molecule has 1 fully saturated rings. The lowest BCUT2D eigenvalue weighted by atomic mass is 9.82. The van der Waals surface area contributed by atoms with Crippen LogP contribution in [0.1, 0.15) is 94.6 Å². The molecule has 1 aromatic heterocycles. The fourth-order valence-corrected chi connectivity index (χ4v) is 6.12. The number of nitrogens with zero attached hydrogens (tertiary/aromatic N) is 3. The Morgan fingerprint density at radius 2 is 2.00 bits per heavy atom. The van der Waals surface area contributed by atoms with Crippen molar-refractivity contribution in [3.8, 4) is 0 Å². The summed E-state index contributed by atoms with van der Waals surface area (Å²) in [4.78, 5) is 47.3. The number of likely N-dealkylation sites (N-methyl/N-ethyl adjacent to an activating group) is 1. The van der Waals surface area contributed by atoms with Crippen molar-refractivity contribution < 1.29 is 24.2 Å². The molecule has 1 N–H and O–H groups in total. The summed E-state index contributed by atoms with van der Waals surface area (Å²) in [7, 11) is 2.00. The zero-order valence-corrected chi connectivity index (χ0v) is 24.8. The van der Waals surface area contributed by atoms with Crippen LogP contribution in [-0.4, -0.2) is 76.6 Å². The minimum Gasteiger partial charge on any atom is -0.476 e. The van der Waals surface area contributed by atoms with E-state index in [1.165, 1.54) is 11.3 Å². The van der Waals surface area contributed by atoms with Gasteiger partial charge in [-0.1, -0.05) is 53.5 Å². The first-order chi connectivity index (χ1) is 18.0. The van der Waals surface area contributed by atoms with Crippen LogP contribution in [0.3, 0.4) is 0 Å². The van der Waals surface area contributed by atoms with Gasteiger partial charge in [-0.15, -0.1) is 17.9 Å². The molecule has 0 bridgehead atoms. The highest BCUT2D eigenvalue weighted by molar-refractivity contribution is 7.09. The van der Waals surface area contributed by atoms with Crippen LogP contribution in [0.5, 0.6) is 0 Å². The third-order valence-electron chi connectivity index (χ3n) is 7.89. The molecule has 214 valence electrons. The number of aromatic carboxylic acids is 1. The zero-order valence-electron chi connectivity index (χ0n) is 24.0. The normalized spacial score (nSPS) is 19.5. The maximum absolute atomic E-state index is 14.3. The molecule has 8 nitrogen and oxygen atoms in total. The molecule has 2 rings (SSSR count). The van der Waals surface area contributed by atoms with Gasteiger partial charge in [0.2, 0.25) is 5.91 Å². The van der Waals surface area contributed by atoms with E-state index in [2.05, 4.69) is 44.2 Å². The van der Waals surface area contributed by atoms with Crippen LogP contribution in [0.2, 0.25) is 0 Å². The van der Waals surface area contributed by atoms with Gasteiger partial charge < -0.3 is 14.7 Å². The van der Waals surface area contributed by atoms with E-state index in [0.29, 0.717) is 13.0 Å². The molecule has 0 aliphatic carbocycles. The van der Waals surface area contributed by atoms with Crippen molar-refractivity contribution in [2.24, 2.45) is 17.8 Å². The molecule has 9 heteroatoms. The highest BCUT2D eigenvalue weighted by atomic mass is 32.1. The van der Waals surface area contributed by atoms with Crippen molar-refractivity contribution in [2.75, 3.05) is 26.9 Å². The van der Waals surface area contributed by atoms with Crippen molar-refractivity contribution in [1.82, 2.24) is 14.8 Å². The first-order valence-electron chi connectivity index (χ1n) is 13.9. The summed E-state index contributed by atoms with van der Waals surface area (Å²) in [6.45, 7) is 15.4. The quantitative estimate of drug-likeness (QED) is 0.166. The Kier molecular flexibility index (Phi) is 13.1. The number of ketones is 1. The number of carbonyl (C=O) groups is 3. The molecular weight excluding hydrogens is 502 g/mol. The van der Waals surface area contributed by atoms with Crippen molar-refractivity contribution in [2.45, 2.75) is 91.1 Å². The Hall–Kier alpha value is -2.10. The summed E-state index contributed by atoms with van der Waals surface area (Å²) in [6.07, 6.45) is 6.29. The van der Waals surface area contributed by atoms with Crippen LogP contribution in [-0.2, 0) is 14.3 Å². The fraction of sp³-hybridized carbons (Fsp3) is 0.724. The number of carbonyl (C=O) groups excluding carboxylic acids is 2. The lowest BCUT2D eigenvalue weighted by Gasteiger charge is -2.39. The third kappa shape index (κ3) is 8.71. The van der Waals surface area contributed by atoms with Crippen LogP contribution >= 0.6 is 11.3 Å². The van der Waals surface area contributed by atoms with Crippen LogP contribution in [0.4, 0.5) is 0 Å². The van der Waals surface area contributed by atoms with Crippen molar-refractivity contribution in [1.29, 1.82) is 0 Å². The number of piperidine rings is 1. The number of aromatic nitrogens is 1.